The second kappa shape index (κ2) is 8.15. The van der Waals surface area contributed by atoms with Crippen LogP contribution in [-0.4, -0.2) is 22.0 Å². The molecule has 1 saturated carbocycles. The number of benzene rings is 1. The van der Waals surface area contributed by atoms with Crippen LogP contribution in [0.1, 0.15) is 42.5 Å². The fourth-order valence-corrected chi connectivity index (χ4v) is 3.21. The highest BCUT2D eigenvalue weighted by molar-refractivity contribution is 9.10. The minimum absolute atomic E-state index is 0.133. The summed E-state index contributed by atoms with van der Waals surface area (Å²) in [6.45, 7) is 0. The maximum absolute atomic E-state index is 12.2. The molecule has 1 fully saturated rings. The third-order valence-electron chi connectivity index (χ3n) is 4.09. The van der Waals surface area contributed by atoms with Crippen LogP contribution < -0.4 is 21.3 Å². The van der Waals surface area contributed by atoms with Crippen LogP contribution in [0.2, 0.25) is 0 Å². The van der Waals surface area contributed by atoms with Gasteiger partial charge in [-0.05, 0) is 53.7 Å². The molecule has 1 aliphatic rings. The van der Waals surface area contributed by atoms with Crippen LogP contribution in [0.3, 0.4) is 0 Å². The van der Waals surface area contributed by atoms with E-state index in [1.54, 1.807) is 18.2 Å². The third kappa shape index (κ3) is 4.39. The average Bonchev–Trinajstić information content (AvgIpc) is 2.63. The molecule has 0 saturated heterocycles. The van der Waals surface area contributed by atoms with Gasteiger partial charge in [0.05, 0.1) is 5.56 Å². The number of hydrazine groups is 1. The minimum Gasteiger partial charge on any atom is -0.473 e. The number of hydrogen-bond acceptors (Lipinski definition) is 6. The lowest BCUT2D eigenvalue weighted by Gasteiger charge is -2.23. The molecule has 25 heavy (non-hydrogen) atoms. The average molecular weight is 406 g/mol. The van der Waals surface area contributed by atoms with Crippen molar-refractivity contribution in [3.05, 3.63) is 40.6 Å². The van der Waals surface area contributed by atoms with E-state index in [1.807, 2.05) is 6.07 Å². The van der Waals surface area contributed by atoms with Crippen molar-refractivity contribution >= 4 is 33.3 Å². The number of halogens is 1. The van der Waals surface area contributed by atoms with Crippen LogP contribution in [0, 0.1) is 0 Å². The molecular formula is C17H20BrN5O2. The Bertz CT molecular complexity index is 750. The van der Waals surface area contributed by atoms with E-state index in [9.17, 15) is 4.79 Å². The zero-order valence-electron chi connectivity index (χ0n) is 13.7. The van der Waals surface area contributed by atoms with Crippen LogP contribution in [0.5, 0.6) is 5.88 Å². The van der Waals surface area contributed by atoms with Crippen LogP contribution in [0.25, 0.3) is 0 Å². The first-order valence-corrected chi connectivity index (χ1v) is 9.02. The number of nitrogens with two attached hydrogens (primary N) is 1. The summed E-state index contributed by atoms with van der Waals surface area (Å²) in [6.07, 6.45) is 7.06. The first-order valence-electron chi connectivity index (χ1n) is 8.23. The van der Waals surface area contributed by atoms with Gasteiger partial charge in [0.1, 0.15) is 18.1 Å². The standard InChI is InChI=1S/C17H20BrN5O2/c18-13-9-5-4-8-12(13)16(24)23-22-15-14(19)17(21-10-20-15)25-11-6-2-1-3-7-11/h4-5,8-11H,1-3,6-7,19H2,(H,23,24)(H,20,21,22). The van der Waals surface area contributed by atoms with Gasteiger partial charge in [-0.2, -0.15) is 4.98 Å². The van der Waals surface area contributed by atoms with Gasteiger partial charge in [0.2, 0.25) is 5.88 Å². The molecule has 4 N–H and O–H groups in total. The first-order chi connectivity index (χ1) is 12.1. The van der Waals surface area contributed by atoms with Gasteiger partial charge in [-0.15, -0.1) is 0 Å². The molecule has 2 aromatic rings. The van der Waals surface area contributed by atoms with Crippen molar-refractivity contribution in [2.75, 3.05) is 11.2 Å². The summed E-state index contributed by atoms with van der Waals surface area (Å²) in [7, 11) is 0. The van der Waals surface area contributed by atoms with Crippen molar-refractivity contribution in [2.24, 2.45) is 0 Å². The van der Waals surface area contributed by atoms with Crippen molar-refractivity contribution < 1.29 is 9.53 Å². The van der Waals surface area contributed by atoms with Crippen LogP contribution >= 0.6 is 15.9 Å². The predicted octanol–water partition coefficient (Wildman–Crippen LogP) is 3.29. The number of carbonyl (C=O) groups excluding carboxylic acids is 1. The summed E-state index contributed by atoms with van der Waals surface area (Å²) in [5.74, 6) is 0.348. The third-order valence-corrected chi connectivity index (χ3v) is 4.78. The van der Waals surface area contributed by atoms with E-state index in [0.29, 0.717) is 21.7 Å². The number of rotatable bonds is 5. The molecule has 1 amide bonds. The summed E-state index contributed by atoms with van der Waals surface area (Å²) < 4.78 is 6.60. The lowest BCUT2D eigenvalue weighted by molar-refractivity contribution is 0.0961. The number of hydrogen-bond donors (Lipinski definition) is 3. The zero-order chi connectivity index (χ0) is 17.6. The number of anilines is 2. The molecule has 1 aromatic heterocycles. The maximum atomic E-state index is 12.2. The fourth-order valence-electron chi connectivity index (χ4n) is 2.74. The highest BCUT2D eigenvalue weighted by atomic mass is 79.9. The molecule has 8 heteroatoms. The van der Waals surface area contributed by atoms with Crippen molar-refractivity contribution in [1.82, 2.24) is 15.4 Å². The Morgan fingerprint density at radius 2 is 1.96 bits per heavy atom. The number of nitrogen functional groups attached to an aromatic ring is 1. The Balaban J connectivity index is 1.65. The Labute approximate surface area is 154 Å². The number of nitrogens with zero attached hydrogens (tertiary/aromatic N) is 2. The molecule has 0 bridgehead atoms. The molecular weight excluding hydrogens is 386 g/mol. The van der Waals surface area contributed by atoms with Gasteiger partial charge in [0.25, 0.3) is 5.91 Å². The van der Waals surface area contributed by atoms with Crippen molar-refractivity contribution in [2.45, 2.75) is 38.2 Å². The topological polar surface area (TPSA) is 102 Å². The van der Waals surface area contributed by atoms with Crippen LogP contribution in [0.15, 0.2) is 35.1 Å². The summed E-state index contributed by atoms with van der Waals surface area (Å²) in [6, 6.07) is 7.13. The number of carbonyl (C=O) groups is 1. The monoisotopic (exact) mass is 405 g/mol. The first kappa shape index (κ1) is 17.5. The quantitative estimate of drug-likeness (QED) is 0.659. The van der Waals surface area contributed by atoms with Crippen LogP contribution in [0.4, 0.5) is 11.5 Å². The molecule has 0 aliphatic heterocycles. The van der Waals surface area contributed by atoms with Gasteiger partial charge in [0.15, 0.2) is 5.82 Å². The molecule has 1 heterocycles. The predicted molar refractivity (Wildman–Crippen MR) is 99.2 cm³/mol. The largest absolute Gasteiger partial charge is 0.473 e. The SMILES string of the molecule is Nc1c(NNC(=O)c2ccccc2Br)ncnc1OC1CCCCC1. The number of nitrogens with one attached hydrogen (secondary N) is 2. The summed E-state index contributed by atoms with van der Waals surface area (Å²) in [4.78, 5) is 20.4. The van der Waals surface area contributed by atoms with E-state index in [2.05, 4.69) is 36.7 Å². The van der Waals surface area contributed by atoms with Crippen molar-refractivity contribution in [3.8, 4) is 5.88 Å². The molecule has 132 valence electrons. The molecule has 0 unspecified atom stereocenters. The summed E-state index contributed by atoms with van der Waals surface area (Å²) in [5.41, 5.74) is 12.2. The van der Waals surface area contributed by atoms with Gasteiger partial charge >= 0.3 is 0 Å². The van der Waals surface area contributed by atoms with E-state index in [0.717, 1.165) is 25.7 Å². The van der Waals surface area contributed by atoms with Gasteiger partial charge in [-0.25, -0.2) is 4.98 Å². The fraction of sp³-hybridized carbons (Fsp3) is 0.353. The Morgan fingerprint density at radius 3 is 2.72 bits per heavy atom. The highest BCUT2D eigenvalue weighted by Crippen LogP contribution is 2.28. The molecule has 0 atom stereocenters. The minimum atomic E-state index is -0.305. The van der Waals surface area contributed by atoms with Crippen LogP contribution in [-0.2, 0) is 0 Å². The summed E-state index contributed by atoms with van der Waals surface area (Å²) in [5, 5.41) is 0. The van der Waals surface area contributed by atoms with Crippen molar-refractivity contribution in [1.29, 1.82) is 0 Å². The van der Waals surface area contributed by atoms with Gasteiger partial charge in [-0.1, -0.05) is 18.6 Å². The smallest absolute Gasteiger partial charge is 0.270 e. The molecule has 1 aromatic carbocycles. The van der Waals surface area contributed by atoms with E-state index in [1.165, 1.54) is 12.7 Å². The number of aromatic nitrogens is 2. The second-order valence-electron chi connectivity index (χ2n) is 5.88. The second-order valence-corrected chi connectivity index (χ2v) is 6.73. The van der Waals surface area contributed by atoms with E-state index in [-0.39, 0.29) is 17.7 Å². The van der Waals surface area contributed by atoms with Gasteiger partial charge in [-0.3, -0.25) is 15.6 Å². The Morgan fingerprint density at radius 1 is 1.20 bits per heavy atom. The molecule has 1 aliphatic carbocycles. The number of amides is 1. The van der Waals surface area contributed by atoms with E-state index < -0.39 is 0 Å². The maximum Gasteiger partial charge on any atom is 0.270 e. The Hall–Kier alpha value is -2.35. The molecule has 3 rings (SSSR count). The normalized spacial score (nSPS) is 14.8. The van der Waals surface area contributed by atoms with Gasteiger partial charge in [0, 0.05) is 4.47 Å². The van der Waals surface area contributed by atoms with Crippen molar-refractivity contribution in [3.63, 3.8) is 0 Å². The Kier molecular flexibility index (Phi) is 5.70. The zero-order valence-corrected chi connectivity index (χ0v) is 15.3. The summed E-state index contributed by atoms with van der Waals surface area (Å²) >= 11 is 3.35. The van der Waals surface area contributed by atoms with E-state index >= 15 is 0 Å². The van der Waals surface area contributed by atoms with E-state index in [4.69, 9.17) is 10.5 Å². The molecule has 0 spiro atoms. The number of ether oxygens (including phenoxy) is 1. The molecule has 0 radical (unpaired) electrons. The lowest BCUT2D eigenvalue weighted by atomic mass is 9.98. The van der Waals surface area contributed by atoms with Gasteiger partial charge < -0.3 is 10.5 Å². The highest BCUT2D eigenvalue weighted by Gasteiger charge is 2.18. The molecule has 7 nitrogen and oxygen atoms in total. The lowest BCUT2D eigenvalue weighted by Crippen LogP contribution is -2.30.